The molecule has 3 aliphatic rings. The number of halogens is 2. The molecule has 3 aliphatic heterocycles. The Bertz CT molecular complexity index is 842. The van der Waals surface area contributed by atoms with Gasteiger partial charge in [0.05, 0.1) is 25.7 Å². The molecule has 5 rings (SSSR count). The van der Waals surface area contributed by atoms with Gasteiger partial charge < -0.3 is 10.5 Å². The molecule has 0 aromatic heterocycles. The zero-order chi connectivity index (χ0) is 22.8. The second-order valence-electron chi connectivity index (χ2n) is 8.60. The van der Waals surface area contributed by atoms with Crippen LogP contribution in [0.2, 0.25) is 0 Å². The van der Waals surface area contributed by atoms with E-state index in [0.29, 0.717) is 13.0 Å². The van der Waals surface area contributed by atoms with Crippen LogP contribution in [0.3, 0.4) is 0 Å². The molecule has 0 atom stereocenters. The quantitative estimate of drug-likeness (QED) is 0.468. The molecule has 0 saturated carbocycles. The summed E-state index contributed by atoms with van der Waals surface area (Å²) in [5, 5.41) is 0. The van der Waals surface area contributed by atoms with Crippen LogP contribution >= 0.6 is 7.26 Å². The van der Waals surface area contributed by atoms with Crippen molar-refractivity contribution in [1.82, 2.24) is 4.90 Å². The fourth-order valence-electron chi connectivity index (χ4n) is 4.29. The molecular formula is C25H34F2N2O2P+. The van der Waals surface area contributed by atoms with Gasteiger partial charge in [-0.1, -0.05) is 30.3 Å². The molecule has 4 nitrogen and oxygen atoms in total. The summed E-state index contributed by atoms with van der Waals surface area (Å²) in [4.78, 5) is 14.7. The lowest BCUT2D eigenvalue weighted by Crippen LogP contribution is -2.46. The Morgan fingerprint density at radius 3 is 2.06 bits per heavy atom. The summed E-state index contributed by atoms with van der Waals surface area (Å²) in [6.45, 7) is 4.35. The van der Waals surface area contributed by atoms with E-state index in [4.69, 9.17) is 10.5 Å². The maximum absolute atomic E-state index is 12.1. The van der Waals surface area contributed by atoms with Crippen LogP contribution in [-0.2, 0) is 22.4 Å². The molecule has 0 radical (unpaired) electrons. The second-order valence-corrected chi connectivity index (χ2v) is 12.9. The first-order valence-electron chi connectivity index (χ1n) is 11.4. The third-order valence-corrected chi connectivity index (χ3v) is 10.4. The highest BCUT2D eigenvalue weighted by Crippen LogP contribution is 2.62. The van der Waals surface area contributed by atoms with Crippen LogP contribution in [0.5, 0.6) is 0 Å². The molecule has 174 valence electrons. The molecule has 0 amide bonds. The van der Waals surface area contributed by atoms with Crippen LogP contribution in [0.4, 0.5) is 8.78 Å². The number of nitrogens with zero attached hydrogens (tertiary/aromatic N) is 1. The number of carbonyl (C=O) groups is 1. The largest absolute Gasteiger partial charge is 0.430 e. The molecule has 2 aromatic rings. The summed E-state index contributed by atoms with van der Waals surface area (Å²) in [5.74, 6) is -1.08. The number of hydrogen-bond donors (Lipinski definition) is 1. The summed E-state index contributed by atoms with van der Waals surface area (Å²) in [7, 11) is -0.965. The van der Waals surface area contributed by atoms with Gasteiger partial charge in [0, 0.05) is 32.1 Å². The third kappa shape index (κ3) is 7.61. The lowest BCUT2D eigenvalue weighted by atomic mass is 10.00. The van der Waals surface area contributed by atoms with E-state index in [9.17, 15) is 13.6 Å². The molecule has 2 bridgehead atoms. The van der Waals surface area contributed by atoms with Crippen LogP contribution in [0.1, 0.15) is 24.0 Å². The molecule has 0 unspecified atom stereocenters. The Balaban J connectivity index is 0.000000305. The van der Waals surface area contributed by atoms with Crippen molar-refractivity contribution in [2.24, 2.45) is 5.73 Å². The van der Waals surface area contributed by atoms with E-state index in [-0.39, 0.29) is 5.97 Å². The Kier molecular flexibility index (Phi) is 9.58. The van der Waals surface area contributed by atoms with Gasteiger partial charge in [-0.2, -0.15) is 0 Å². The molecule has 2 N–H and O–H groups in total. The van der Waals surface area contributed by atoms with Gasteiger partial charge in [0.25, 0.3) is 0 Å². The van der Waals surface area contributed by atoms with Crippen LogP contribution < -0.4 is 5.73 Å². The lowest BCUT2D eigenvalue weighted by molar-refractivity contribution is -0.141. The minimum absolute atomic E-state index is 0.00585. The predicted molar refractivity (Wildman–Crippen MR) is 127 cm³/mol. The Morgan fingerprint density at radius 2 is 1.53 bits per heavy atom. The number of benzene rings is 2. The van der Waals surface area contributed by atoms with E-state index in [2.05, 4.69) is 29.2 Å². The zero-order valence-corrected chi connectivity index (χ0v) is 19.5. The van der Waals surface area contributed by atoms with Gasteiger partial charge in [-0.05, 0) is 49.1 Å². The van der Waals surface area contributed by atoms with Crippen molar-refractivity contribution in [3.05, 3.63) is 71.3 Å². The number of aryl methyl sites for hydroxylation is 1. The topological polar surface area (TPSA) is 55.6 Å². The van der Waals surface area contributed by atoms with E-state index < -0.39 is 18.9 Å². The van der Waals surface area contributed by atoms with Gasteiger partial charge in [0.15, 0.2) is 6.35 Å². The molecule has 3 fully saturated rings. The molecular weight excluding hydrogens is 429 g/mol. The number of rotatable bonds is 8. The Hall–Kier alpha value is -1.88. The average molecular weight is 464 g/mol. The highest BCUT2D eigenvalue weighted by atomic mass is 31.2. The van der Waals surface area contributed by atoms with Crippen molar-refractivity contribution < 1.29 is 18.3 Å². The molecule has 0 spiro atoms. The zero-order valence-electron chi connectivity index (χ0n) is 18.6. The Morgan fingerprint density at radius 1 is 0.938 bits per heavy atom. The SMILES string of the molecule is Fc1cccc(F)c1.NCCc1ccccc1CCCC(=O)OC[P+]12CCN(CC1)CC2. The van der Waals surface area contributed by atoms with Gasteiger partial charge in [-0.15, -0.1) is 0 Å². The number of hydrogen-bond acceptors (Lipinski definition) is 4. The standard InChI is InChI=1S/C19H30N2O2P.C6H4F2/c20-9-8-18-5-2-1-4-17(18)6-3-7-19(22)23-16-24-13-10-21(11-14-24)12-15-24;7-5-2-1-3-6(8)4-5/h1-2,4-5H,3,6-16,20H2;1-4H/q+1;. The smallest absolute Gasteiger partial charge is 0.308 e. The van der Waals surface area contributed by atoms with E-state index in [0.717, 1.165) is 31.7 Å². The van der Waals surface area contributed by atoms with Gasteiger partial charge >= 0.3 is 5.97 Å². The third-order valence-electron chi connectivity index (χ3n) is 6.32. The number of carbonyl (C=O) groups excluding carboxylic acids is 1. The molecule has 0 aliphatic carbocycles. The first kappa shape index (κ1) is 24.8. The van der Waals surface area contributed by atoms with Gasteiger partial charge in [-0.3, -0.25) is 9.69 Å². The van der Waals surface area contributed by atoms with Crippen LogP contribution in [0, 0.1) is 11.6 Å². The van der Waals surface area contributed by atoms with E-state index in [1.807, 2.05) is 0 Å². The lowest BCUT2D eigenvalue weighted by Gasteiger charge is -2.42. The van der Waals surface area contributed by atoms with Crippen LogP contribution in [-0.4, -0.2) is 61.9 Å². The summed E-state index contributed by atoms with van der Waals surface area (Å²) in [6.07, 6.45) is 7.86. The van der Waals surface area contributed by atoms with Gasteiger partial charge in [0.1, 0.15) is 11.6 Å². The van der Waals surface area contributed by atoms with E-state index >= 15 is 0 Å². The fraction of sp³-hybridized carbons (Fsp3) is 0.480. The van der Waals surface area contributed by atoms with E-state index in [1.165, 1.54) is 67.4 Å². The van der Waals surface area contributed by atoms with Crippen LogP contribution in [0.15, 0.2) is 48.5 Å². The monoisotopic (exact) mass is 463 g/mol. The minimum atomic E-state index is -0.965. The van der Waals surface area contributed by atoms with E-state index in [1.54, 1.807) is 0 Å². The van der Waals surface area contributed by atoms with Crippen molar-refractivity contribution in [2.45, 2.75) is 25.7 Å². The molecule has 32 heavy (non-hydrogen) atoms. The predicted octanol–water partition coefficient (Wildman–Crippen LogP) is 4.32. The van der Waals surface area contributed by atoms with Crippen molar-refractivity contribution in [2.75, 3.05) is 51.0 Å². The average Bonchev–Trinajstić information content (AvgIpc) is 2.81. The second kappa shape index (κ2) is 12.4. The van der Waals surface area contributed by atoms with Crippen molar-refractivity contribution in [1.29, 1.82) is 0 Å². The molecule has 3 heterocycles. The van der Waals surface area contributed by atoms with Crippen molar-refractivity contribution in [3.8, 4) is 0 Å². The summed E-state index contributed by atoms with van der Waals surface area (Å²) in [6, 6.07) is 13.0. The molecule has 7 heteroatoms. The first-order valence-corrected chi connectivity index (χ1v) is 13.9. The van der Waals surface area contributed by atoms with Crippen molar-refractivity contribution >= 4 is 13.2 Å². The number of nitrogens with two attached hydrogens (primary N) is 1. The summed E-state index contributed by atoms with van der Waals surface area (Å²) >= 11 is 0. The highest BCUT2D eigenvalue weighted by Gasteiger charge is 2.46. The molecule has 3 saturated heterocycles. The van der Waals surface area contributed by atoms with Crippen molar-refractivity contribution in [3.63, 3.8) is 0 Å². The normalized spacial score (nSPS) is 21.5. The number of ether oxygens (including phenoxy) is 1. The summed E-state index contributed by atoms with van der Waals surface area (Å²) < 4.78 is 29.5. The fourth-order valence-corrected chi connectivity index (χ4v) is 7.89. The first-order chi connectivity index (χ1) is 15.5. The van der Waals surface area contributed by atoms with Gasteiger partial charge in [0.2, 0.25) is 0 Å². The molecule has 2 aromatic carbocycles. The number of esters is 1. The van der Waals surface area contributed by atoms with Crippen LogP contribution in [0.25, 0.3) is 0 Å². The Labute approximate surface area is 190 Å². The highest BCUT2D eigenvalue weighted by molar-refractivity contribution is 7.76. The minimum Gasteiger partial charge on any atom is -0.430 e. The maximum Gasteiger partial charge on any atom is 0.308 e. The van der Waals surface area contributed by atoms with Gasteiger partial charge in [-0.25, -0.2) is 8.78 Å². The summed E-state index contributed by atoms with van der Waals surface area (Å²) in [5.41, 5.74) is 8.30. The maximum atomic E-state index is 12.1. The number of fused-ring (bicyclic) bond motifs is 3.